The first kappa shape index (κ1) is 15.4. The molecule has 0 saturated carbocycles. The number of esters is 1. The summed E-state index contributed by atoms with van der Waals surface area (Å²) in [4.78, 5) is 22.8. The van der Waals surface area contributed by atoms with Crippen LogP contribution < -0.4 is 0 Å². The van der Waals surface area contributed by atoms with Crippen molar-refractivity contribution >= 4 is 35.1 Å². The Morgan fingerprint density at radius 1 is 0.905 bits per heavy atom. The van der Waals surface area contributed by atoms with Crippen LogP contribution in [-0.2, 0) is 4.74 Å². The maximum Gasteiger partial charge on any atom is 0.337 e. The molecule has 0 radical (unpaired) electrons. The Hall–Kier alpha value is -2.04. The van der Waals surface area contributed by atoms with Crippen molar-refractivity contribution in [1.82, 2.24) is 0 Å². The topological polar surface area (TPSA) is 63.6 Å². The van der Waals surface area contributed by atoms with Crippen molar-refractivity contribution in [2.75, 3.05) is 7.11 Å². The van der Waals surface area contributed by atoms with E-state index in [0.29, 0.717) is 21.2 Å². The smallest absolute Gasteiger partial charge is 0.337 e. The van der Waals surface area contributed by atoms with E-state index >= 15 is 0 Å². The van der Waals surface area contributed by atoms with Gasteiger partial charge in [-0.15, -0.1) is 0 Å². The molecule has 0 saturated heterocycles. The van der Waals surface area contributed by atoms with E-state index in [1.54, 1.807) is 18.2 Å². The Kier molecular flexibility index (Phi) is 4.50. The zero-order chi connectivity index (χ0) is 15.6. The summed E-state index contributed by atoms with van der Waals surface area (Å²) in [6, 6.07) is 9.06. The second-order valence-electron chi connectivity index (χ2n) is 4.25. The number of carboxylic acid groups (broad SMARTS) is 1. The van der Waals surface area contributed by atoms with E-state index in [1.807, 2.05) is 0 Å². The van der Waals surface area contributed by atoms with Crippen molar-refractivity contribution in [3.8, 4) is 11.1 Å². The molecule has 0 fully saturated rings. The molecule has 0 bridgehead atoms. The van der Waals surface area contributed by atoms with Gasteiger partial charge in [0, 0.05) is 10.0 Å². The van der Waals surface area contributed by atoms with Gasteiger partial charge in [-0.1, -0.05) is 23.2 Å². The molecule has 1 N–H and O–H groups in total. The summed E-state index contributed by atoms with van der Waals surface area (Å²) in [6.45, 7) is 0. The third-order valence-electron chi connectivity index (χ3n) is 2.80. The Bertz CT molecular complexity index is 705. The second-order valence-corrected chi connectivity index (χ2v) is 5.13. The fraction of sp³-hybridized carbons (Fsp3) is 0.0667. The van der Waals surface area contributed by atoms with Crippen molar-refractivity contribution in [2.24, 2.45) is 0 Å². The number of ether oxygens (including phenoxy) is 1. The van der Waals surface area contributed by atoms with E-state index in [4.69, 9.17) is 28.3 Å². The highest BCUT2D eigenvalue weighted by Gasteiger charge is 2.14. The van der Waals surface area contributed by atoms with E-state index in [-0.39, 0.29) is 11.1 Å². The highest BCUT2D eigenvalue weighted by atomic mass is 35.5. The van der Waals surface area contributed by atoms with Crippen LogP contribution >= 0.6 is 23.2 Å². The van der Waals surface area contributed by atoms with Gasteiger partial charge < -0.3 is 9.84 Å². The average Bonchev–Trinajstić information content (AvgIpc) is 2.44. The van der Waals surface area contributed by atoms with Gasteiger partial charge >= 0.3 is 11.9 Å². The standard InChI is InChI=1S/C15H10Cl2O4/c1-21-15(20)11-3-8(2-10(4-11)14(18)19)9-5-12(16)7-13(17)6-9/h2-7H,1H3,(H,18,19). The van der Waals surface area contributed by atoms with Gasteiger partial charge in [0.1, 0.15) is 0 Å². The summed E-state index contributed by atoms with van der Waals surface area (Å²) < 4.78 is 4.63. The summed E-state index contributed by atoms with van der Waals surface area (Å²) in [7, 11) is 1.23. The van der Waals surface area contributed by atoms with Crippen LogP contribution in [0.5, 0.6) is 0 Å². The summed E-state index contributed by atoms with van der Waals surface area (Å²) in [6.07, 6.45) is 0. The summed E-state index contributed by atoms with van der Waals surface area (Å²) in [5, 5.41) is 9.97. The molecule has 21 heavy (non-hydrogen) atoms. The van der Waals surface area contributed by atoms with Crippen LogP contribution in [0.2, 0.25) is 10.0 Å². The van der Waals surface area contributed by atoms with E-state index in [9.17, 15) is 9.59 Å². The van der Waals surface area contributed by atoms with Crippen LogP contribution in [-0.4, -0.2) is 24.2 Å². The molecule has 0 unspecified atom stereocenters. The minimum Gasteiger partial charge on any atom is -0.478 e. The zero-order valence-corrected chi connectivity index (χ0v) is 12.4. The van der Waals surface area contributed by atoms with Gasteiger partial charge in [0.15, 0.2) is 0 Å². The third kappa shape index (κ3) is 3.54. The molecule has 2 aromatic rings. The minimum atomic E-state index is -1.14. The van der Waals surface area contributed by atoms with Crippen LogP contribution in [0.1, 0.15) is 20.7 Å². The molecular formula is C15H10Cl2O4. The number of carbonyl (C=O) groups excluding carboxylic acids is 1. The molecule has 0 aliphatic carbocycles. The number of halogens is 2. The second kappa shape index (κ2) is 6.16. The monoisotopic (exact) mass is 324 g/mol. The summed E-state index contributed by atoms with van der Waals surface area (Å²) in [5.74, 6) is -1.76. The van der Waals surface area contributed by atoms with Crippen LogP contribution in [0, 0.1) is 0 Å². The number of carboxylic acids is 1. The zero-order valence-electron chi connectivity index (χ0n) is 10.9. The van der Waals surface area contributed by atoms with Gasteiger partial charge in [0.2, 0.25) is 0 Å². The molecule has 6 heteroatoms. The van der Waals surface area contributed by atoms with E-state index < -0.39 is 11.9 Å². The largest absolute Gasteiger partial charge is 0.478 e. The SMILES string of the molecule is COC(=O)c1cc(C(=O)O)cc(-c2cc(Cl)cc(Cl)c2)c1. The molecule has 2 aromatic carbocycles. The van der Waals surface area contributed by atoms with Gasteiger partial charge in [-0.25, -0.2) is 9.59 Å². The summed E-state index contributed by atoms with van der Waals surface area (Å²) >= 11 is 11.9. The lowest BCUT2D eigenvalue weighted by Crippen LogP contribution is -2.05. The minimum absolute atomic E-state index is 0.0241. The molecule has 0 aliphatic rings. The van der Waals surface area contributed by atoms with Crippen molar-refractivity contribution in [1.29, 1.82) is 0 Å². The van der Waals surface area contributed by atoms with Crippen LogP contribution in [0.4, 0.5) is 0 Å². The quantitative estimate of drug-likeness (QED) is 0.861. The number of benzene rings is 2. The Labute approximate surface area is 130 Å². The van der Waals surface area contributed by atoms with Crippen molar-refractivity contribution in [3.63, 3.8) is 0 Å². The van der Waals surface area contributed by atoms with Crippen molar-refractivity contribution < 1.29 is 19.4 Å². The summed E-state index contributed by atoms with van der Waals surface area (Å²) in [5.41, 5.74) is 1.24. The maximum atomic E-state index is 11.6. The number of carbonyl (C=O) groups is 2. The molecule has 0 aliphatic heterocycles. The van der Waals surface area contributed by atoms with Gasteiger partial charge in [0.05, 0.1) is 18.2 Å². The third-order valence-corrected chi connectivity index (χ3v) is 3.23. The van der Waals surface area contributed by atoms with Gasteiger partial charge in [0.25, 0.3) is 0 Å². The normalized spacial score (nSPS) is 10.2. The molecule has 4 nitrogen and oxygen atoms in total. The predicted molar refractivity (Wildman–Crippen MR) is 80.2 cm³/mol. The van der Waals surface area contributed by atoms with E-state index in [1.165, 1.54) is 25.3 Å². The molecular weight excluding hydrogens is 315 g/mol. The molecule has 0 atom stereocenters. The van der Waals surface area contributed by atoms with Gasteiger partial charge in [-0.05, 0) is 47.5 Å². The number of methoxy groups -OCH3 is 1. The van der Waals surface area contributed by atoms with Crippen LogP contribution in [0.15, 0.2) is 36.4 Å². The van der Waals surface area contributed by atoms with Crippen LogP contribution in [0.3, 0.4) is 0 Å². The Balaban J connectivity index is 2.64. The highest BCUT2D eigenvalue weighted by molar-refractivity contribution is 6.35. The Morgan fingerprint density at radius 2 is 1.43 bits per heavy atom. The fourth-order valence-corrected chi connectivity index (χ4v) is 2.40. The molecule has 0 amide bonds. The van der Waals surface area contributed by atoms with E-state index in [2.05, 4.69) is 4.74 Å². The van der Waals surface area contributed by atoms with Crippen molar-refractivity contribution in [3.05, 3.63) is 57.6 Å². The molecule has 0 aromatic heterocycles. The lowest BCUT2D eigenvalue weighted by atomic mass is 9.99. The van der Waals surface area contributed by atoms with Crippen LogP contribution in [0.25, 0.3) is 11.1 Å². The number of hydrogen-bond donors (Lipinski definition) is 1. The highest BCUT2D eigenvalue weighted by Crippen LogP contribution is 2.29. The first-order valence-electron chi connectivity index (χ1n) is 5.84. The molecule has 0 heterocycles. The van der Waals surface area contributed by atoms with E-state index in [0.717, 1.165) is 0 Å². The van der Waals surface area contributed by atoms with Crippen molar-refractivity contribution in [2.45, 2.75) is 0 Å². The first-order valence-corrected chi connectivity index (χ1v) is 6.59. The molecule has 108 valence electrons. The number of hydrogen-bond acceptors (Lipinski definition) is 3. The lowest BCUT2D eigenvalue weighted by Gasteiger charge is -2.08. The number of aromatic carboxylic acids is 1. The molecule has 0 spiro atoms. The maximum absolute atomic E-state index is 11.6. The fourth-order valence-electron chi connectivity index (χ4n) is 1.87. The lowest BCUT2D eigenvalue weighted by molar-refractivity contribution is 0.0601. The average molecular weight is 325 g/mol. The van der Waals surface area contributed by atoms with Gasteiger partial charge in [-0.2, -0.15) is 0 Å². The predicted octanol–water partition coefficient (Wildman–Crippen LogP) is 4.15. The number of rotatable bonds is 3. The molecule has 2 rings (SSSR count). The first-order chi connectivity index (χ1) is 9.90. The Morgan fingerprint density at radius 3 is 1.95 bits per heavy atom. The van der Waals surface area contributed by atoms with Gasteiger partial charge in [-0.3, -0.25) is 0 Å².